The Morgan fingerprint density at radius 1 is 0.656 bits per heavy atom. The van der Waals surface area contributed by atoms with Crippen LogP contribution in [0.25, 0.3) is 0 Å². The molecule has 2 heteroatoms. The highest BCUT2D eigenvalue weighted by atomic mass is 19.1. The van der Waals surface area contributed by atoms with Crippen LogP contribution in [0.5, 0.6) is 0 Å². The molecule has 0 aliphatic heterocycles. The first kappa shape index (κ1) is 24.2. The van der Waals surface area contributed by atoms with E-state index in [1.54, 1.807) is 12.1 Å². The zero-order chi connectivity index (χ0) is 22.5. The Morgan fingerprint density at radius 3 is 1.88 bits per heavy atom. The van der Waals surface area contributed by atoms with Gasteiger partial charge in [-0.25, -0.2) is 8.78 Å². The van der Waals surface area contributed by atoms with E-state index in [0.717, 1.165) is 54.4 Å². The lowest BCUT2D eigenvalue weighted by Gasteiger charge is -2.43. The summed E-state index contributed by atoms with van der Waals surface area (Å²) in [5.41, 5.74) is 1.20. The number of benzene rings is 1. The highest BCUT2D eigenvalue weighted by Crippen LogP contribution is 2.49. The lowest BCUT2D eigenvalue weighted by Crippen LogP contribution is -2.31. The molecule has 0 amide bonds. The molecule has 1 aromatic rings. The van der Waals surface area contributed by atoms with Gasteiger partial charge in [-0.05, 0) is 91.7 Å². The molecule has 3 aliphatic rings. The monoisotopic (exact) mass is 444 g/mol. The Morgan fingerprint density at radius 2 is 1.22 bits per heavy atom. The number of rotatable bonds is 8. The van der Waals surface area contributed by atoms with Crippen LogP contribution in [0.2, 0.25) is 0 Å². The molecule has 0 radical (unpaired) electrons. The highest BCUT2D eigenvalue weighted by Gasteiger charge is 2.36. The van der Waals surface area contributed by atoms with Crippen LogP contribution in [-0.2, 0) is 6.42 Å². The van der Waals surface area contributed by atoms with E-state index >= 15 is 0 Å². The van der Waals surface area contributed by atoms with E-state index in [-0.39, 0.29) is 17.2 Å². The van der Waals surface area contributed by atoms with Crippen molar-refractivity contribution in [1.29, 1.82) is 0 Å². The van der Waals surface area contributed by atoms with Crippen molar-refractivity contribution in [3.8, 4) is 0 Å². The smallest absolute Gasteiger partial charge is 0.129 e. The van der Waals surface area contributed by atoms with Gasteiger partial charge in [0.15, 0.2) is 0 Å². The number of hydrogen-bond acceptors (Lipinski definition) is 0. The average Bonchev–Trinajstić information content (AvgIpc) is 2.80. The van der Waals surface area contributed by atoms with E-state index in [0.29, 0.717) is 12.3 Å². The molecule has 0 spiro atoms. The maximum atomic E-state index is 14.5. The molecule has 1 aromatic carbocycles. The van der Waals surface area contributed by atoms with Gasteiger partial charge in [0.2, 0.25) is 0 Å². The molecule has 32 heavy (non-hydrogen) atoms. The van der Waals surface area contributed by atoms with E-state index in [2.05, 4.69) is 6.92 Å². The first-order valence-corrected chi connectivity index (χ1v) is 14.0. The molecule has 3 aliphatic carbocycles. The SMILES string of the molecule is CCCc1c(F)cc(C2CCC3CC(CCC4CCC(CCC)CC4)CCC3C2)cc1F. The van der Waals surface area contributed by atoms with Crippen LogP contribution < -0.4 is 0 Å². The minimum Gasteiger partial charge on any atom is -0.207 e. The largest absolute Gasteiger partial charge is 0.207 e. The molecule has 0 heterocycles. The van der Waals surface area contributed by atoms with Crippen molar-refractivity contribution in [3.63, 3.8) is 0 Å². The molecule has 4 unspecified atom stereocenters. The van der Waals surface area contributed by atoms with E-state index in [1.807, 2.05) is 6.92 Å². The van der Waals surface area contributed by atoms with Gasteiger partial charge in [-0.15, -0.1) is 0 Å². The second kappa shape index (κ2) is 11.5. The van der Waals surface area contributed by atoms with Crippen molar-refractivity contribution >= 4 is 0 Å². The van der Waals surface area contributed by atoms with Crippen LogP contribution in [-0.4, -0.2) is 0 Å². The van der Waals surface area contributed by atoms with Crippen molar-refractivity contribution < 1.29 is 8.78 Å². The minimum atomic E-state index is -0.323. The van der Waals surface area contributed by atoms with E-state index in [4.69, 9.17) is 0 Å². The molecule has 0 bridgehead atoms. The third kappa shape index (κ3) is 5.95. The van der Waals surface area contributed by atoms with Crippen LogP contribution in [0.1, 0.15) is 127 Å². The Hall–Kier alpha value is -0.920. The molecular weight excluding hydrogens is 398 g/mol. The van der Waals surface area contributed by atoms with Gasteiger partial charge >= 0.3 is 0 Å². The van der Waals surface area contributed by atoms with Gasteiger partial charge in [0.05, 0.1) is 0 Å². The molecule has 0 N–H and O–H groups in total. The van der Waals surface area contributed by atoms with Crippen LogP contribution >= 0.6 is 0 Å². The quantitative estimate of drug-likeness (QED) is 0.374. The Balaban J connectivity index is 1.24. The summed E-state index contributed by atoms with van der Waals surface area (Å²) in [6.07, 6.45) is 20.6. The van der Waals surface area contributed by atoms with E-state index < -0.39 is 0 Å². The Kier molecular flexibility index (Phi) is 8.68. The molecule has 3 fully saturated rings. The van der Waals surface area contributed by atoms with Gasteiger partial charge in [0.25, 0.3) is 0 Å². The molecule has 0 nitrogen and oxygen atoms in total. The Labute approximate surface area is 196 Å². The fourth-order valence-electron chi connectivity index (χ4n) is 7.59. The highest BCUT2D eigenvalue weighted by molar-refractivity contribution is 5.29. The number of halogens is 2. The van der Waals surface area contributed by atoms with Crippen LogP contribution in [0, 0.1) is 41.2 Å². The molecule has 0 aromatic heterocycles. The van der Waals surface area contributed by atoms with Crippen molar-refractivity contribution in [1.82, 2.24) is 0 Å². The van der Waals surface area contributed by atoms with Gasteiger partial charge in [0, 0.05) is 5.56 Å². The van der Waals surface area contributed by atoms with E-state index in [9.17, 15) is 8.78 Å². The third-order valence-electron chi connectivity index (χ3n) is 9.50. The maximum absolute atomic E-state index is 14.5. The lowest BCUT2D eigenvalue weighted by atomic mass is 9.63. The van der Waals surface area contributed by atoms with Crippen molar-refractivity contribution in [2.75, 3.05) is 0 Å². The second-order valence-corrected chi connectivity index (χ2v) is 11.7. The minimum absolute atomic E-state index is 0.282. The molecule has 4 rings (SSSR count). The fraction of sp³-hybridized carbons (Fsp3) is 0.800. The summed E-state index contributed by atoms with van der Waals surface area (Å²) < 4.78 is 29.0. The first-order valence-electron chi connectivity index (χ1n) is 14.0. The van der Waals surface area contributed by atoms with E-state index in [1.165, 1.54) is 77.0 Å². The summed E-state index contributed by atoms with van der Waals surface area (Å²) in [6, 6.07) is 3.31. The van der Waals surface area contributed by atoms with Gasteiger partial charge in [-0.3, -0.25) is 0 Å². The first-order chi connectivity index (χ1) is 15.6. The summed E-state index contributed by atoms with van der Waals surface area (Å²) >= 11 is 0. The van der Waals surface area contributed by atoms with Crippen LogP contribution in [0.3, 0.4) is 0 Å². The van der Waals surface area contributed by atoms with Crippen molar-refractivity contribution in [2.24, 2.45) is 29.6 Å². The normalized spacial score (nSPS) is 33.1. The summed E-state index contributed by atoms with van der Waals surface area (Å²) in [6.45, 7) is 4.30. The summed E-state index contributed by atoms with van der Waals surface area (Å²) in [4.78, 5) is 0. The number of hydrogen-bond donors (Lipinski definition) is 0. The second-order valence-electron chi connectivity index (χ2n) is 11.7. The number of fused-ring (bicyclic) bond motifs is 1. The topological polar surface area (TPSA) is 0 Å². The lowest BCUT2D eigenvalue weighted by molar-refractivity contribution is 0.108. The van der Waals surface area contributed by atoms with Gasteiger partial charge in [-0.2, -0.15) is 0 Å². The fourth-order valence-corrected chi connectivity index (χ4v) is 7.59. The van der Waals surface area contributed by atoms with Gasteiger partial charge < -0.3 is 0 Å². The zero-order valence-electron chi connectivity index (χ0n) is 20.7. The van der Waals surface area contributed by atoms with Gasteiger partial charge in [-0.1, -0.05) is 78.1 Å². The van der Waals surface area contributed by atoms with Crippen LogP contribution in [0.4, 0.5) is 8.78 Å². The summed E-state index contributed by atoms with van der Waals surface area (Å²) in [5.74, 6) is 4.29. The standard InChI is InChI=1S/C30H46F2/c1-3-5-21-7-9-22(10-8-21)11-12-23-13-14-25-18-26(16-15-24(25)17-23)27-19-29(31)28(6-4-2)30(32)20-27/h19-26H,3-18H2,1-2H3. The van der Waals surface area contributed by atoms with Crippen molar-refractivity contribution in [2.45, 2.75) is 122 Å². The van der Waals surface area contributed by atoms with Gasteiger partial charge in [0.1, 0.15) is 11.6 Å². The Bertz CT molecular complexity index is 695. The average molecular weight is 445 g/mol. The van der Waals surface area contributed by atoms with Crippen LogP contribution in [0.15, 0.2) is 12.1 Å². The molecule has 0 saturated heterocycles. The maximum Gasteiger partial charge on any atom is 0.129 e. The molecule has 4 atom stereocenters. The predicted molar refractivity (Wildman–Crippen MR) is 131 cm³/mol. The third-order valence-corrected chi connectivity index (χ3v) is 9.50. The molecule has 3 saturated carbocycles. The molecule has 180 valence electrons. The van der Waals surface area contributed by atoms with Crippen molar-refractivity contribution in [3.05, 3.63) is 34.9 Å². The zero-order valence-corrected chi connectivity index (χ0v) is 20.7. The predicted octanol–water partition coefficient (Wildman–Crippen LogP) is 9.60. The summed E-state index contributed by atoms with van der Waals surface area (Å²) in [5, 5.41) is 0. The molecular formula is C30H46F2. The summed E-state index contributed by atoms with van der Waals surface area (Å²) in [7, 11) is 0.